The SMILES string of the molecule is C=Cc1cc(OC(F)(F)F)cc(C(C)(C)C#N)c1. The van der Waals surface area contributed by atoms with Gasteiger partial charge in [-0.15, -0.1) is 13.2 Å². The summed E-state index contributed by atoms with van der Waals surface area (Å²) in [5.74, 6) is -0.349. The molecule has 0 fully saturated rings. The van der Waals surface area contributed by atoms with Crippen molar-refractivity contribution in [3.8, 4) is 11.8 Å². The standard InChI is InChI=1S/C13H12F3NO/c1-4-9-5-10(12(2,3)8-17)7-11(6-9)18-13(14,15)16/h4-7H,1H2,2-3H3. The molecule has 0 radical (unpaired) electrons. The van der Waals surface area contributed by atoms with E-state index in [0.717, 1.165) is 0 Å². The maximum absolute atomic E-state index is 12.2. The molecule has 0 aliphatic heterocycles. The number of nitrogens with zero attached hydrogens (tertiary/aromatic N) is 1. The average molecular weight is 255 g/mol. The van der Waals surface area contributed by atoms with Crippen LogP contribution in [0.4, 0.5) is 13.2 Å². The van der Waals surface area contributed by atoms with Gasteiger partial charge in [-0.1, -0.05) is 12.7 Å². The predicted molar refractivity (Wildman–Crippen MR) is 61.9 cm³/mol. The minimum absolute atomic E-state index is 0.349. The van der Waals surface area contributed by atoms with Crippen LogP contribution in [0, 0.1) is 11.3 Å². The molecule has 0 aliphatic carbocycles. The number of hydrogen-bond acceptors (Lipinski definition) is 2. The third-order valence-corrected chi connectivity index (χ3v) is 2.40. The highest BCUT2D eigenvalue weighted by Gasteiger charge is 2.32. The summed E-state index contributed by atoms with van der Waals surface area (Å²) in [5.41, 5.74) is 0.0136. The van der Waals surface area contributed by atoms with Crippen molar-refractivity contribution in [2.75, 3.05) is 0 Å². The van der Waals surface area contributed by atoms with Crippen LogP contribution in [0.3, 0.4) is 0 Å². The zero-order valence-corrected chi connectivity index (χ0v) is 10.0. The first kappa shape index (κ1) is 14.1. The summed E-state index contributed by atoms with van der Waals surface area (Å²) < 4.78 is 40.4. The smallest absolute Gasteiger partial charge is 0.406 e. The molecule has 0 N–H and O–H groups in total. The van der Waals surface area contributed by atoms with Crippen molar-refractivity contribution in [3.05, 3.63) is 35.9 Å². The van der Waals surface area contributed by atoms with Gasteiger partial charge in [0.25, 0.3) is 0 Å². The van der Waals surface area contributed by atoms with Crippen molar-refractivity contribution in [1.82, 2.24) is 0 Å². The number of alkyl halides is 3. The second-order valence-corrected chi connectivity index (χ2v) is 4.28. The highest BCUT2D eigenvalue weighted by Crippen LogP contribution is 2.30. The monoisotopic (exact) mass is 255 g/mol. The van der Waals surface area contributed by atoms with Crippen LogP contribution in [0.2, 0.25) is 0 Å². The van der Waals surface area contributed by atoms with Gasteiger partial charge in [0.1, 0.15) is 5.75 Å². The van der Waals surface area contributed by atoms with E-state index in [-0.39, 0.29) is 5.75 Å². The molecule has 0 atom stereocenters. The molecule has 1 aromatic carbocycles. The molecule has 0 amide bonds. The Morgan fingerprint density at radius 3 is 2.33 bits per heavy atom. The Kier molecular flexibility index (Phi) is 3.70. The quantitative estimate of drug-likeness (QED) is 0.816. The van der Waals surface area contributed by atoms with Crippen molar-refractivity contribution in [1.29, 1.82) is 5.26 Å². The second kappa shape index (κ2) is 4.73. The molecule has 0 unspecified atom stereocenters. The average Bonchev–Trinajstić information content (AvgIpc) is 2.26. The summed E-state index contributed by atoms with van der Waals surface area (Å²) in [4.78, 5) is 0. The van der Waals surface area contributed by atoms with Crippen LogP contribution >= 0.6 is 0 Å². The number of hydrogen-bond donors (Lipinski definition) is 0. The Bertz CT molecular complexity index is 498. The molecule has 0 bridgehead atoms. The molecular weight excluding hydrogens is 243 g/mol. The largest absolute Gasteiger partial charge is 0.573 e. The van der Waals surface area contributed by atoms with Gasteiger partial charge in [0.15, 0.2) is 0 Å². The number of rotatable bonds is 3. The van der Waals surface area contributed by atoms with Crippen molar-refractivity contribution in [2.45, 2.75) is 25.6 Å². The van der Waals surface area contributed by atoms with Gasteiger partial charge in [0.05, 0.1) is 11.5 Å². The van der Waals surface area contributed by atoms with Gasteiger partial charge in [-0.3, -0.25) is 0 Å². The lowest BCUT2D eigenvalue weighted by molar-refractivity contribution is -0.274. The first-order valence-corrected chi connectivity index (χ1v) is 5.13. The van der Waals surface area contributed by atoms with Gasteiger partial charge in [-0.05, 0) is 43.2 Å². The van der Waals surface area contributed by atoms with E-state index < -0.39 is 11.8 Å². The minimum Gasteiger partial charge on any atom is -0.406 e. The first-order chi connectivity index (χ1) is 8.18. The van der Waals surface area contributed by atoms with Gasteiger partial charge in [0.2, 0.25) is 0 Å². The molecule has 96 valence electrons. The Morgan fingerprint density at radius 1 is 1.28 bits per heavy atom. The summed E-state index contributed by atoms with van der Waals surface area (Å²) in [5, 5.41) is 9.00. The van der Waals surface area contributed by atoms with E-state index >= 15 is 0 Å². The molecule has 0 aromatic heterocycles. The van der Waals surface area contributed by atoms with Crippen molar-refractivity contribution in [2.24, 2.45) is 0 Å². The Labute approximate surface area is 103 Å². The van der Waals surface area contributed by atoms with E-state index in [9.17, 15) is 13.2 Å². The molecule has 0 saturated heterocycles. The van der Waals surface area contributed by atoms with E-state index in [1.807, 2.05) is 6.07 Å². The van der Waals surface area contributed by atoms with Gasteiger partial charge >= 0.3 is 6.36 Å². The summed E-state index contributed by atoms with van der Waals surface area (Å²) in [6.07, 6.45) is -3.35. The molecule has 18 heavy (non-hydrogen) atoms. The van der Waals surface area contributed by atoms with Crippen molar-refractivity contribution < 1.29 is 17.9 Å². The lowest BCUT2D eigenvalue weighted by Gasteiger charge is -2.18. The number of nitriles is 1. The van der Waals surface area contributed by atoms with Crippen molar-refractivity contribution >= 4 is 6.08 Å². The summed E-state index contributed by atoms with van der Waals surface area (Å²) in [6, 6.07) is 6.07. The molecule has 1 aromatic rings. The maximum atomic E-state index is 12.2. The van der Waals surface area contributed by atoms with Crippen LogP contribution in [0.5, 0.6) is 5.75 Å². The fourth-order valence-corrected chi connectivity index (χ4v) is 1.36. The van der Waals surface area contributed by atoms with Crippen LogP contribution in [-0.2, 0) is 5.41 Å². The second-order valence-electron chi connectivity index (χ2n) is 4.28. The summed E-state index contributed by atoms with van der Waals surface area (Å²) >= 11 is 0. The van der Waals surface area contributed by atoms with Crippen LogP contribution in [0.15, 0.2) is 24.8 Å². The van der Waals surface area contributed by atoms with E-state index in [1.165, 1.54) is 18.2 Å². The lowest BCUT2D eigenvalue weighted by atomic mass is 9.85. The van der Waals surface area contributed by atoms with Crippen molar-refractivity contribution in [3.63, 3.8) is 0 Å². The zero-order valence-electron chi connectivity index (χ0n) is 10.0. The third kappa shape index (κ3) is 3.52. The molecule has 0 saturated carbocycles. The van der Waals surface area contributed by atoms with Gasteiger partial charge in [-0.2, -0.15) is 5.26 Å². The van der Waals surface area contributed by atoms with Gasteiger partial charge in [-0.25, -0.2) is 0 Å². The lowest BCUT2D eigenvalue weighted by Crippen LogP contribution is -2.19. The van der Waals surface area contributed by atoms with E-state index in [0.29, 0.717) is 11.1 Å². The molecular formula is C13H12F3NO. The fourth-order valence-electron chi connectivity index (χ4n) is 1.36. The normalized spacial score (nSPS) is 11.8. The molecule has 0 spiro atoms. The number of ether oxygens (including phenoxy) is 1. The van der Waals surface area contributed by atoms with Crippen LogP contribution in [0.1, 0.15) is 25.0 Å². The Balaban J connectivity index is 3.27. The molecule has 5 heteroatoms. The summed E-state index contributed by atoms with van der Waals surface area (Å²) in [6.45, 7) is 6.73. The van der Waals surface area contributed by atoms with Crippen LogP contribution in [0.25, 0.3) is 6.08 Å². The van der Waals surface area contributed by atoms with Crippen LogP contribution < -0.4 is 4.74 Å². The van der Waals surface area contributed by atoms with E-state index in [1.54, 1.807) is 19.9 Å². The third-order valence-electron chi connectivity index (χ3n) is 2.40. The van der Waals surface area contributed by atoms with E-state index in [2.05, 4.69) is 11.3 Å². The Hall–Kier alpha value is -1.96. The van der Waals surface area contributed by atoms with Gasteiger partial charge in [0, 0.05) is 0 Å². The highest BCUT2D eigenvalue weighted by atomic mass is 19.4. The van der Waals surface area contributed by atoms with Crippen LogP contribution in [-0.4, -0.2) is 6.36 Å². The molecule has 0 aliphatic rings. The molecule has 1 rings (SSSR count). The maximum Gasteiger partial charge on any atom is 0.573 e. The zero-order chi connectivity index (χ0) is 14.0. The topological polar surface area (TPSA) is 33.0 Å². The van der Waals surface area contributed by atoms with E-state index in [4.69, 9.17) is 5.26 Å². The number of benzene rings is 1. The first-order valence-electron chi connectivity index (χ1n) is 5.13. The number of halogens is 3. The van der Waals surface area contributed by atoms with Gasteiger partial charge < -0.3 is 4.74 Å². The fraction of sp³-hybridized carbons (Fsp3) is 0.308. The minimum atomic E-state index is -4.76. The Morgan fingerprint density at radius 2 is 1.89 bits per heavy atom. The highest BCUT2D eigenvalue weighted by molar-refractivity contribution is 5.53. The molecule has 0 heterocycles. The predicted octanol–water partition coefficient (Wildman–Crippen LogP) is 4.03. The molecule has 2 nitrogen and oxygen atoms in total. The summed E-state index contributed by atoms with van der Waals surface area (Å²) in [7, 11) is 0.